The van der Waals surface area contributed by atoms with Gasteiger partial charge in [0.05, 0.1) is 0 Å². The summed E-state index contributed by atoms with van der Waals surface area (Å²) >= 11 is 0. The van der Waals surface area contributed by atoms with E-state index < -0.39 is 5.92 Å². The lowest BCUT2D eigenvalue weighted by atomic mass is 9.80. The van der Waals surface area contributed by atoms with Gasteiger partial charge in [0.25, 0.3) is 5.92 Å². The maximum Gasteiger partial charge on any atom is 0.257 e. The number of likely N-dealkylation sites (tertiary alicyclic amines) is 2. The van der Waals surface area contributed by atoms with Gasteiger partial charge in [-0.15, -0.1) is 0 Å². The predicted molar refractivity (Wildman–Crippen MR) is 90.9 cm³/mol. The van der Waals surface area contributed by atoms with Crippen LogP contribution < -0.4 is 0 Å². The van der Waals surface area contributed by atoms with Crippen LogP contribution in [0.1, 0.15) is 60.8 Å². The number of piperidine rings is 1. The lowest BCUT2D eigenvalue weighted by Gasteiger charge is -2.40. The average molecular weight is 328 g/mol. The Hall–Kier alpha value is -0.220. The van der Waals surface area contributed by atoms with Crippen molar-refractivity contribution in [3.63, 3.8) is 0 Å². The molecule has 134 valence electrons. The van der Waals surface area contributed by atoms with E-state index in [1.165, 1.54) is 19.4 Å². The molecule has 0 aromatic heterocycles. The number of halogens is 2. The van der Waals surface area contributed by atoms with Crippen LogP contribution in [-0.2, 0) is 0 Å². The number of alkyl halides is 2. The number of fused-ring (bicyclic) bond motifs is 1. The zero-order chi connectivity index (χ0) is 17.3. The van der Waals surface area contributed by atoms with E-state index >= 15 is 0 Å². The van der Waals surface area contributed by atoms with E-state index in [-0.39, 0.29) is 22.9 Å². The predicted octanol–water partition coefficient (Wildman–Crippen LogP) is 4.25. The molecule has 3 fully saturated rings. The topological polar surface area (TPSA) is 6.48 Å². The molecular weight excluding hydrogens is 294 g/mol. The molecule has 1 saturated carbocycles. The Labute approximate surface area is 140 Å². The van der Waals surface area contributed by atoms with Crippen molar-refractivity contribution in [1.29, 1.82) is 0 Å². The first-order valence-electron chi connectivity index (χ1n) is 9.23. The van der Waals surface area contributed by atoms with Crippen LogP contribution in [0.25, 0.3) is 0 Å². The van der Waals surface area contributed by atoms with Crippen molar-refractivity contribution in [2.75, 3.05) is 26.2 Å². The summed E-state index contributed by atoms with van der Waals surface area (Å²) < 4.78 is 26.8. The Morgan fingerprint density at radius 1 is 1.00 bits per heavy atom. The molecule has 0 aromatic carbocycles. The van der Waals surface area contributed by atoms with Crippen molar-refractivity contribution in [2.24, 2.45) is 17.3 Å². The Balaban J connectivity index is 1.52. The van der Waals surface area contributed by atoms with Crippen LogP contribution in [0.3, 0.4) is 0 Å². The molecule has 3 unspecified atom stereocenters. The standard InChI is InChI=1S/C19H34F2N2/c1-16(2,3)22-10-9-18(6,13-22)8-7-17(4,5)23-11-14-15(12-23)19(14,20)21/h14-15H,7-13H2,1-6H3. The SMILES string of the molecule is CC1(CCC(C)(C)N2CC3C(C2)C3(F)F)CCN(C(C)(C)C)C1. The first kappa shape index (κ1) is 17.6. The quantitative estimate of drug-likeness (QED) is 0.761. The van der Waals surface area contributed by atoms with Crippen LogP contribution in [0.4, 0.5) is 8.78 Å². The van der Waals surface area contributed by atoms with Crippen molar-refractivity contribution >= 4 is 0 Å². The zero-order valence-electron chi connectivity index (χ0n) is 15.8. The number of nitrogens with zero attached hydrogens (tertiary/aromatic N) is 2. The van der Waals surface area contributed by atoms with Crippen LogP contribution in [0.15, 0.2) is 0 Å². The highest BCUT2D eigenvalue weighted by Gasteiger charge is 2.72. The molecule has 4 heteroatoms. The Morgan fingerprint density at radius 2 is 1.57 bits per heavy atom. The van der Waals surface area contributed by atoms with E-state index in [1.54, 1.807) is 0 Å². The molecular formula is C19H34F2N2. The Kier molecular flexibility index (Phi) is 3.93. The minimum atomic E-state index is -2.36. The van der Waals surface area contributed by atoms with Crippen LogP contribution in [0.2, 0.25) is 0 Å². The van der Waals surface area contributed by atoms with Crippen molar-refractivity contribution in [1.82, 2.24) is 9.80 Å². The first-order valence-corrected chi connectivity index (χ1v) is 9.23. The van der Waals surface area contributed by atoms with Gasteiger partial charge in [-0.25, -0.2) is 8.78 Å². The van der Waals surface area contributed by atoms with Crippen molar-refractivity contribution < 1.29 is 8.78 Å². The number of hydrogen-bond donors (Lipinski definition) is 0. The highest BCUT2D eigenvalue weighted by atomic mass is 19.3. The maximum absolute atomic E-state index is 13.4. The largest absolute Gasteiger partial charge is 0.298 e. The number of hydrogen-bond acceptors (Lipinski definition) is 2. The molecule has 3 atom stereocenters. The molecule has 0 bridgehead atoms. The second-order valence-electron chi connectivity index (χ2n) is 10.3. The van der Waals surface area contributed by atoms with E-state index in [9.17, 15) is 8.78 Å². The fourth-order valence-electron chi connectivity index (χ4n) is 4.57. The van der Waals surface area contributed by atoms with Gasteiger partial charge in [-0.3, -0.25) is 9.80 Å². The van der Waals surface area contributed by atoms with E-state index in [0.29, 0.717) is 18.5 Å². The molecule has 2 heterocycles. The summed E-state index contributed by atoms with van der Waals surface area (Å²) in [6, 6.07) is 0. The van der Waals surface area contributed by atoms with E-state index in [2.05, 4.69) is 51.3 Å². The summed E-state index contributed by atoms with van der Waals surface area (Å²) in [4.78, 5) is 4.91. The van der Waals surface area contributed by atoms with E-state index in [0.717, 1.165) is 13.0 Å². The van der Waals surface area contributed by atoms with Gasteiger partial charge in [-0.05, 0) is 65.8 Å². The van der Waals surface area contributed by atoms with Gasteiger partial charge in [0.15, 0.2) is 0 Å². The van der Waals surface area contributed by atoms with Gasteiger partial charge in [0.1, 0.15) is 0 Å². The summed E-state index contributed by atoms with van der Waals surface area (Å²) in [5, 5.41) is 0. The molecule has 0 radical (unpaired) electrons. The molecule has 0 aromatic rings. The maximum atomic E-state index is 13.4. The molecule has 0 spiro atoms. The fourth-order valence-corrected chi connectivity index (χ4v) is 4.57. The van der Waals surface area contributed by atoms with Crippen LogP contribution in [-0.4, -0.2) is 53.0 Å². The molecule has 3 rings (SSSR count). The summed E-state index contributed by atoms with van der Waals surface area (Å²) in [5.74, 6) is -3.09. The number of rotatable bonds is 4. The van der Waals surface area contributed by atoms with E-state index in [4.69, 9.17) is 0 Å². The lowest BCUT2D eigenvalue weighted by molar-refractivity contribution is 0.0212. The van der Waals surface area contributed by atoms with Gasteiger partial charge in [0.2, 0.25) is 0 Å². The molecule has 2 nitrogen and oxygen atoms in total. The smallest absolute Gasteiger partial charge is 0.257 e. The minimum absolute atomic E-state index is 0.0433. The van der Waals surface area contributed by atoms with Crippen molar-refractivity contribution in [2.45, 2.75) is 77.8 Å². The molecule has 0 N–H and O–H groups in total. The lowest BCUT2D eigenvalue weighted by Crippen LogP contribution is -2.46. The molecule has 2 saturated heterocycles. The van der Waals surface area contributed by atoms with Gasteiger partial charge in [0, 0.05) is 42.5 Å². The third kappa shape index (κ3) is 3.18. The molecule has 2 aliphatic heterocycles. The minimum Gasteiger partial charge on any atom is -0.298 e. The second-order valence-corrected chi connectivity index (χ2v) is 10.3. The molecule has 1 aliphatic carbocycles. The monoisotopic (exact) mass is 328 g/mol. The highest BCUT2D eigenvalue weighted by Crippen LogP contribution is 2.60. The van der Waals surface area contributed by atoms with Gasteiger partial charge in [-0.2, -0.15) is 0 Å². The Morgan fingerprint density at radius 3 is 2.04 bits per heavy atom. The molecule has 3 aliphatic rings. The average Bonchev–Trinajstić information content (AvgIpc) is 2.84. The van der Waals surface area contributed by atoms with Gasteiger partial charge < -0.3 is 0 Å². The van der Waals surface area contributed by atoms with Crippen LogP contribution in [0, 0.1) is 17.3 Å². The Bertz CT molecular complexity index is 454. The van der Waals surface area contributed by atoms with Crippen LogP contribution in [0.5, 0.6) is 0 Å². The summed E-state index contributed by atoms with van der Waals surface area (Å²) in [6.07, 6.45) is 3.55. The summed E-state index contributed by atoms with van der Waals surface area (Å²) in [6.45, 7) is 17.3. The summed E-state index contributed by atoms with van der Waals surface area (Å²) in [5.41, 5.74) is 0.661. The third-order valence-electron chi connectivity index (χ3n) is 6.90. The second kappa shape index (κ2) is 5.14. The first-order chi connectivity index (χ1) is 10.4. The highest BCUT2D eigenvalue weighted by molar-refractivity contribution is 5.14. The van der Waals surface area contributed by atoms with Crippen molar-refractivity contribution in [3.05, 3.63) is 0 Å². The van der Waals surface area contributed by atoms with Crippen LogP contribution >= 0.6 is 0 Å². The third-order valence-corrected chi connectivity index (χ3v) is 6.90. The zero-order valence-corrected chi connectivity index (χ0v) is 15.8. The fraction of sp³-hybridized carbons (Fsp3) is 1.00. The van der Waals surface area contributed by atoms with Gasteiger partial charge in [-0.1, -0.05) is 6.92 Å². The normalized spacial score (nSPS) is 38.1. The van der Waals surface area contributed by atoms with Crippen molar-refractivity contribution in [3.8, 4) is 0 Å². The molecule has 0 amide bonds. The van der Waals surface area contributed by atoms with Gasteiger partial charge >= 0.3 is 0 Å². The summed E-state index contributed by atoms with van der Waals surface area (Å²) in [7, 11) is 0. The molecule has 23 heavy (non-hydrogen) atoms. The van der Waals surface area contributed by atoms with E-state index in [1.807, 2.05) is 0 Å².